The van der Waals surface area contributed by atoms with E-state index in [9.17, 15) is 18.0 Å². The molecule has 3 rings (SSSR count). The first-order chi connectivity index (χ1) is 10.6. The lowest BCUT2D eigenvalue weighted by Gasteiger charge is -2.17. The predicted octanol–water partition coefficient (Wildman–Crippen LogP) is 4.07. The highest BCUT2D eigenvalue weighted by atomic mass is 32.1. The second-order valence-corrected chi connectivity index (χ2v) is 7.17. The van der Waals surface area contributed by atoms with Crippen LogP contribution in [0, 0.1) is 0 Å². The standard InChI is InChI=1S/C15H14F3N3OS/c1-14(2,3)9-7-10(22)21-13(19-9)11(8-5-4-6-23-8)12(20-21)15(16,17)18/h4-7,20H,1-3H3. The minimum Gasteiger partial charge on any atom is -0.284 e. The van der Waals surface area contributed by atoms with Gasteiger partial charge in [-0.2, -0.15) is 13.2 Å². The molecule has 3 aromatic rings. The minimum atomic E-state index is -4.61. The number of thiophene rings is 1. The van der Waals surface area contributed by atoms with Crippen LogP contribution >= 0.6 is 11.3 Å². The summed E-state index contributed by atoms with van der Waals surface area (Å²) < 4.78 is 41.0. The molecule has 3 aromatic heterocycles. The average Bonchev–Trinajstić information content (AvgIpc) is 3.02. The van der Waals surface area contributed by atoms with E-state index in [0.717, 1.165) is 4.52 Å². The van der Waals surface area contributed by atoms with Crippen molar-refractivity contribution in [3.05, 3.63) is 45.3 Å². The molecule has 0 unspecified atom stereocenters. The van der Waals surface area contributed by atoms with Gasteiger partial charge in [-0.15, -0.1) is 11.3 Å². The van der Waals surface area contributed by atoms with E-state index in [1.165, 1.54) is 17.4 Å². The van der Waals surface area contributed by atoms with Crippen LogP contribution in [0.1, 0.15) is 32.2 Å². The monoisotopic (exact) mass is 341 g/mol. The maximum absolute atomic E-state index is 13.4. The number of rotatable bonds is 1. The Morgan fingerprint density at radius 1 is 1.26 bits per heavy atom. The molecule has 4 nitrogen and oxygen atoms in total. The van der Waals surface area contributed by atoms with Crippen LogP contribution in [-0.2, 0) is 11.6 Å². The van der Waals surface area contributed by atoms with Crippen molar-refractivity contribution in [3.63, 3.8) is 0 Å². The summed E-state index contributed by atoms with van der Waals surface area (Å²) in [5, 5.41) is 3.85. The molecule has 0 radical (unpaired) electrons. The topological polar surface area (TPSA) is 50.2 Å². The van der Waals surface area contributed by atoms with Crippen molar-refractivity contribution in [1.29, 1.82) is 0 Å². The third-order valence-corrected chi connectivity index (χ3v) is 4.32. The lowest BCUT2D eigenvalue weighted by atomic mass is 9.92. The van der Waals surface area contributed by atoms with Gasteiger partial charge in [0, 0.05) is 16.4 Å². The first kappa shape index (κ1) is 15.8. The van der Waals surface area contributed by atoms with Crippen molar-refractivity contribution >= 4 is 17.0 Å². The Hall–Kier alpha value is -2.09. The number of alkyl halides is 3. The molecule has 0 aliphatic heterocycles. The highest BCUT2D eigenvalue weighted by Gasteiger charge is 2.38. The van der Waals surface area contributed by atoms with Crippen LogP contribution in [0.5, 0.6) is 0 Å². The Morgan fingerprint density at radius 2 is 1.96 bits per heavy atom. The van der Waals surface area contributed by atoms with Gasteiger partial charge in [0.15, 0.2) is 5.65 Å². The average molecular weight is 341 g/mol. The fourth-order valence-corrected chi connectivity index (χ4v) is 3.05. The molecule has 0 saturated carbocycles. The van der Waals surface area contributed by atoms with E-state index in [1.807, 2.05) is 20.8 Å². The van der Waals surface area contributed by atoms with Crippen LogP contribution < -0.4 is 5.56 Å². The molecule has 0 aliphatic rings. The van der Waals surface area contributed by atoms with E-state index in [1.54, 1.807) is 17.5 Å². The van der Waals surface area contributed by atoms with Crippen molar-refractivity contribution < 1.29 is 13.2 Å². The van der Waals surface area contributed by atoms with E-state index in [-0.39, 0.29) is 11.2 Å². The Morgan fingerprint density at radius 3 is 2.48 bits per heavy atom. The summed E-state index contributed by atoms with van der Waals surface area (Å²) in [5.74, 6) is 0. The van der Waals surface area contributed by atoms with Crippen LogP contribution in [0.4, 0.5) is 13.2 Å². The first-order valence-electron chi connectivity index (χ1n) is 6.86. The quantitative estimate of drug-likeness (QED) is 0.725. The van der Waals surface area contributed by atoms with Crippen LogP contribution in [0.15, 0.2) is 28.4 Å². The first-order valence-corrected chi connectivity index (χ1v) is 7.74. The van der Waals surface area contributed by atoms with Gasteiger partial charge in [0.2, 0.25) is 0 Å². The Kier molecular flexibility index (Phi) is 3.40. The van der Waals surface area contributed by atoms with Gasteiger partial charge in [-0.25, -0.2) is 9.50 Å². The normalized spacial score (nSPS) is 13.0. The highest BCUT2D eigenvalue weighted by molar-refractivity contribution is 7.13. The molecule has 0 aliphatic carbocycles. The fourth-order valence-electron chi connectivity index (χ4n) is 2.28. The zero-order valence-corrected chi connectivity index (χ0v) is 13.5. The SMILES string of the molecule is CC(C)(C)c1cc(=O)n2[nH]c(C(F)(F)F)c(-c3cccs3)c2n1. The molecule has 0 aromatic carbocycles. The number of fused-ring (bicyclic) bond motifs is 1. The van der Waals surface area contributed by atoms with E-state index >= 15 is 0 Å². The van der Waals surface area contributed by atoms with Crippen molar-refractivity contribution in [2.45, 2.75) is 32.4 Å². The number of hydrogen-bond acceptors (Lipinski definition) is 3. The summed E-state index contributed by atoms with van der Waals surface area (Å²) in [6, 6.07) is 4.51. The molecular formula is C15H14F3N3OS. The van der Waals surface area contributed by atoms with Gasteiger partial charge in [-0.05, 0) is 11.4 Å². The number of aromatic nitrogens is 3. The number of H-pyrrole nitrogens is 1. The summed E-state index contributed by atoms with van der Waals surface area (Å²) in [7, 11) is 0. The van der Waals surface area contributed by atoms with E-state index in [2.05, 4.69) is 10.1 Å². The third-order valence-electron chi connectivity index (χ3n) is 3.44. The number of nitrogens with one attached hydrogen (secondary N) is 1. The van der Waals surface area contributed by atoms with Gasteiger partial charge in [-0.1, -0.05) is 26.8 Å². The molecule has 0 amide bonds. The van der Waals surface area contributed by atoms with Gasteiger partial charge >= 0.3 is 6.18 Å². The van der Waals surface area contributed by atoms with Crippen LogP contribution in [-0.4, -0.2) is 14.6 Å². The zero-order chi connectivity index (χ0) is 17.0. The second kappa shape index (κ2) is 4.95. The highest BCUT2D eigenvalue weighted by Crippen LogP contribution is 2.40. The summed E-state index contributed by atoms with van der Waals surface area (Å²) in [6.07, 6.45) is -4.61. The summed E-state index contributed by atoms with van der Waals surface area (Å²) in [4.78, 5) is 17.0. The lowest BCUT2D eigenvalue weighted by Crippen LogP contribution is -2.22. The van der Waals surface area contributed by atoms with Gasteiger partial charge in [-0.3, -0.25) is 9.89 Å². The second-order valence-electron chi connectivity index (χ2n) is 6.23. The van der Waals surface area contributed by atoms with Crippen LogP contribution in [0.2, 0.25) is 0 Å². The molecule has 122 valence electrons. The van der Waals surface area contributed by atoms with Crippen LogP contribution in [0.25, 0.3) is 16.1 Å². The van der Waals surface area contributed by atoms with Crippen LogP contribution in [0.3, 0.4) is 0 Å². The molecule has 0 saturated heterocycles. The zero-order valence-electron chi connectivity index (χ0n) is 12.7. The fraction of sp³-hybridized carbons (Fsp3) is 0.333. The van der Waals surface area contributed by atoms with E-state index in [4.69, 9.17) is 0 Å². The molecule has 3 heterocycles. The molecule has 23 heavy (non-hydrogen) atoms. The third kappa shape index (κ3) is 2.67. The Balaban J connectivity index is 2.45. The maximum Gasteiger partial charge on any atom is 0.433 e. The molecule has 1 N–H and O–H groups in total. The van der Waals surface area contributed by atoms with Crippen molar-refractivity contribution in [2.75, 3.05) is 0 Å². The lowest BCUT2D eigenvalue weighted by molar-refractivity contribution is -0.140. The van der Waals surface area contributed by atoms with E-state index < -0.39 is 22.8 Å². The summed E-state index contributed by atoms with van der Waals surface area (Å²) in [5.41, 5.74) is -1.61. The van der Waals surface area contributed by atoms with Gasteiger partial charge in [0.05, 0.1) is 11.3 Å². The van der Waals surface area contributed by atoms with Gasteiger partial charge in [0.25, 0.3) is 5.56 Å². The Bertz CT molecular complexity index is 914. The number of halogens is 3. The van der Waals surface area contributed by atoms with Crippen molar-refractivity contribution in [1.82, 2.24) is 14.6 Å². The molecule has 0 fully saturated rings. The minimum absolute atomic E-state index is 0.00259. The molecule has 0 spiro atoms. The predicted molar refractivity (Wildman–Crippen MR) is 82.8 cm³/mol. The molecule has 8 heteroatoms. The molecule has 0 bridgehead atoms. The Labute approximate surface area is 133 Å². The van der Waals surface area contributed by atoms with Gasteiger partial charge < -0.3 is 0 Å². The summed E-state index contributed by atoms with van der Waals surface area (Å²) >= 11 is 1.17. The molecular weight excluding hydrogens is 327 g/mol. The number of nitrogens with zero attached hydrogens (tertiary/aromatic N) is 2. The van der Waals surface area contributed by atoms with Gasteiger partial charge in [0.1, 0.15) is 5.69 Å². The van der Waals surface area contributed by atoms with Crippen molar-refractivity contribution in [3.8, 4) is 10.4 Å². The van der Waals surface area contributed by atoms with E-state index in [0.29, 0.717) is 10.6 Å². The number of aromatic amines is 1. The summed E-state index contributed by atoms with van der Waals surface area (Å²) in [6.45, 7) is 5.56. The smallest absolute Gasteiger partial charge is 0.284 e. The largest absolute Gasteiger partial charge is 0.433 e. The number of hydrogen-bond donors (Lipinski definition) is 1. The maximum atomic E-state index is 13.4. The van der Waals surface area contributed by atoms with Crippen molar-refractivity contribution in [2.24, 2.45) is 0 Å². The molecule has 0 atom stereocenters.